The highest BCUT2D eigenvalue weighted by atomic mass is 16.2. The first-order chi connectivity index (χ1) is 11.6. The van der Waals surface area contributed by atoms with Crippen LogP contribution in [-0.2, 0) is 11.2 Å². The number of carbonyl (C=O) groups is 2. The van der Waals surface area contributed by atoms with Crippen molar-refractivity contribution in [1.29, 1.82) is 0 Å². The first kappa shape index (κ1) is 15.7. The Labute approximate surface area is 140 Å². The molecule has 0 aliphatic rings. The van der Waals surface area contributed by atoms with Gasteiger partial charge in [0, 0.05) is 6.42 Å². The molecule has 0 saturated carbocycles. The normalized spacial score (nSPS) is 10.5. The van der Waals surface area contributed by atoms with Gasteiger partial charge in [-0.2, -0.15) is 0 Å². The number of fused-ring (bicyclic) bond motifs is 1. The van der Waals surface area contributed by atoms with E-state index in [1.807, 2.05) is 24.3 Å². The highest BCUT2D eigenvalue weighted by Gasteiger charge is 2.11. The molecule has 0 saturated heterocycles. The van der Waals surface area contributed by atoms with Gasteiger partial charge in [0.05, 0.1) is 11.3 Å². The fourth-order valence-electron chi connectivity index (χ4n) is 2.78. The lowest BCUT2D eigenvalue weighted by atomic mass is 10.0. The van der Waals surface area contributed by atoms with Gasteiger partial charge in [0.25, 0.3) is 5.91 Å². The van der Waals surface area contributed by atoms with Crippen molar-refractivity contribution in [1.82, 2.24) is 0 Å². The zero-order valence-electron chi connectivity index (χ0n) is 13.2. The van der Waals surface area contributed by atoms with E-state index in [9.17, 15) is 9.59 Å². The van der Waals surface area contributed by atoms with E-state index in [4.69, 9.17) is 5.73 Å². The number of carbonyl (C=O) groups excluding carboxylic acids is 2. The van der Waals surface area contributed by atoms with Crippen molar-refractivity contribution in [3.8, 4) is 0 Å². The third-order valence-corrected chi connectivity index (χ3v) is 3.97. The van der Waals surface area contributed by atoms with Gasteiger partial charge in [-0.05, 0) is 34.9 Å². The lowest BCUT2D eigenvalue weighted by molar-refractivity contribution is -0.116. The van der Waals surface area contributed by atoms with E-state index in [-0.39, 0.29) is 5.91 Å². The minimum atomic E-state index is -0.556. The van der Waals surface area contributed by atoms with Gasteiger partial charge in [0.2, 0.25) is 5.91 Å². The second-order valence-electron chi connectivity index (χ2n) is 5.60. The van der Waals surface area contributed by atoms with Crippen molar-refractivity contribution in [2.75, 3.05) is 5.32 Å². The maximum absolute atomic E-state index is 12.2. The zero-order valence-corrected chi connectivity index (χ0v) is 13.2. The Hall–Kier alpha value is -3.14. The van der Waals surface area contributed by atoms with Crippen molar-refractivity contribution in [2.45, 2.75) is 12.8 Å². The lowest BCUT2D eigenvalue weighted by Crippen LogP contribution is -2.18. The predicted molar refractivity (Wildman–Crippen MR) is 95.9 cm³/mol. The molecule has 4 nitrogen and oxygen atoms in total. The van der Waals surface area contributed by atoms with Gasteiger partial charge in [0.15, 0.2) is 0 Å². The molecular formula is C20H18N2O2. The van der Waals surface area contributed by atoms with Crippen LogP contribution in [-0.4, -0.2) is 11.8 Å². The number of hydrogen-bond acceptors (Lipinski definition) is 2. The largest absolute Gasteiger partial charge is 0.366 e. The molecule has 0 heterocycles. The number of amides is 2. The van der Waals surface area contributed by atoms with E-state index in [2.05, 4.69) is 23.5 Å². The first-order valence-electron chi connectivity index (χ1n) is 7.80. The Morgan fingerprint density at radius 3 is 2.42 bits per heavy atom. The first-order valence-corrected chi connectivity index (χ1v) is 7.80. The maximum Gasteiger partial charge on any atom is 0.250 e. The summed E-state index contributed by atoms with van der Waals surface area (Å²) in [5.74, 6) is -0.698. The second-order valence-corrected chi connectivity index (χ2v) is 5.60. The fourth-order valence-corrected chi connectivity index (χ4v) is 2.78. The molecule has 0 atom stereocenters. The molecule has 3 aromatic carbocycles. The van der Waals surface area contributed by atoms with Crippen LogP contribution in [0.4, 0.5) is 5.69 Å². The van der Waals surface area contributed by atoms with Crippen LogP contribution in [0.25, 0.3) is 10.8 Å². The number of nitrogens with one attached hydrogen (secondary N) is 1. The van der Waals surface area contributed by atoms with Crippen LogP contribution in [0.2, 0.25) is 0 Å². The topological polar surface area (TPSA) is 72.2 Å². The Morgan fingerprint density at radius 1 is 0.875 bits per heavy atom. The van der Waals surface area contributed by atoms with E-state index in [0.29, 0.717) is 24.1 Å². The molecule has 0 aliphatic carbocycles. The average molecular weight is 318 g/mol. The maximum atomic E-state index is 12.2. The third kappa shape index (κ3) is 3.43. The summed E-state index contributed by atoms with van der Waals surface area (Å²) in [5.41, 5.74) is 7.23. The molecule has 3 N–H and O–H groups in total. The Morgan fingerprint density at radius 2 is 1.58 bits per heavy atom. The third-order valence-electron chi connectivity index (χ3n) is 3.97. The Bertz CT molecular complexity index is 898. The van der Waals surface area contributed by atoms with Crippen LogP contribution in [0.3, 0.4) is 0 Å². The number of nitrogens with two attached hydrogens (primary N) is 1. The molecule has 0 unspecified atom stereocenters. The van der Waals surface area contributed by atoms with Crippen LogP contribution in [0, 0.1) is 0 Å². The van der Waals surface area contributed by atoms with Gasteiger partial charge in [-0.25, -0.2) is 0 Å². The van der Waals surface area contributed by atoms with E-state index >= 15 is 0 Å². The highest BCUT2D eigenvalue weighted by molar-refractivity contribution is 6.03. The van der Waals surface area contributed by atoms with Crippen LogP contribution >= 0.6 is 0 Å². The van der Waals surface area contributed by atoms with Gasteiger partial charge in [-0.1, -0.05) is 54.6 Å². The minimum Gasteiger partial charge on any atom is -0.366 e. The number of aryl methyl sites for hydroxylation is 1. The minimum absolute atomic E-state index is 0.142. The van der Waals surface area contributed by atoms with Gasteiger partial charge in [-0.15, -0.1) is 0 Å². The number of rotatable bonds is 5. The number of benzene rings is 3. The Kier molecular flexibility index (Phi) is 4.57. The molecule has 4 heteroatoms. The molecule has 0 fully saturated rings. The summed E-state index contributed by atoms with van der Waals surface area (Å²) in [7, 11) is 0. The van der Waals surface area contributed by atoms with Crippen LogP contribution < -0.4 is 11.1 Å². The fraction of sp³-hybridized carbons (Fsp3) is 0.100. The summed E-state index contributed by atoms with van der Waals surface area (Å²) in [5, 5.41) is 5.09. The highest BCUT2D eigenvalue weighted by Crippen LogP contribution is 2.20. The molecule has 2 amide bonds. The SMILES string of the molecule is NC(=O)c1ccccc1NC(=O)CCc1cccc2ccccc12. The van der Waals surface area contributed by atoms with E-state index < -0.39 is 5.91 Å². The monoisotopic (exact) mass is 318 g/mol. The number of para-hydroxylation sites is 1. The van der Waals surface area contributed by atoms with Gasteiger partial charge < -0.3 is 11.1 Å². The van der Waals surface area contributed by atoms with E-state index in [1.165, 1.54) is 0 Å². The number of hydrogen-bond donors (Lipinski definition) is 2. The summed E-state index contributed by atoms with van der Waals surface area (Å²) >= 11 is 0. The van der Waals surface area contributed by atoms with Crippen LogP contribution in [0.15, 0.2) is 66.7 Å². The van der Waals surface area contributed by atoms with Crippen molar-refractivity contribution in [3.63, 3.8) is 0 Å². The van der Waals surface area contributed by atoms with Gasteiger partial charge in [0.1, 0.15) is 0 Å². The van der Waals surface area contributed by atoms with Crippen molar-refractivity contribution in [3.05, 3.63) is 77.9 Å². The second kappa shape index (κ2) is 6.96. The predicted octanol–water partition coefficient (Wildman–Crippen LogP) is 3.51. The summed E-state index contributed by atoms with van der Waals surface area (Å²) in [6.07, 6.45) is 0.965. The molecule has 0 aromatic heterocycles. The molecule has 3 aromatic rings. The van der Waals surface area contributed by atoms with Crippen molar-refractivity contribution in [2.24, 2.45) is 5.73 Å². The zero-order chi connectivity index (χ0) is 16.9. The molecule has 3 rings (SSSR count). The smallest absolute Gasteiger partial charge is 0.250 e. The van der Waals surface area contributed by atoms with Gasteiger partial charge in [-0.3, -0.25) is 9.59 Å². The number of anilines is 1. The van der Waals surface area contributed by atoms with Crippen LogP contribution in [0.5, 0.6) is 0 Å². The quantitative estimate of drug-likeness (QED) is 0.755. The van der Waals surface area contributed by atoms with Gasteiger partial charge >= 0.3 is 0 Å². The van der Waals surface area contributed by atoms with Crippen molar-refractivity contribution < 1.29 is 9.59 Å². The number of primary amides is 1. The molecular weight excluding hydrogens is 300 g/mol. The molecule has 120 valence electrons. The molecule has 0 bridgehead atoms. The van der Waals surface area contributed by atoms with E-state index in [1.54, 1.807) is 24.3 Å². The standard InChI is InChI=1S/C20H18N2O2/c21-20(24)17-10-3-4-11-18(17)22-19(23)13-12-15-8-5-7-14-6-1-2-9-16(14)15/h1-11H,12-13H2,(H2,21,24)(H,22,23). The van der Waals surface area contributed by atoms with Crippen LogP contribution in [0.1, 0.15) is 22.3 Å². The van der Waals surface area contributed by atoms with Crippen molar-refractivity contribution >= 4 is 28.3 Å². The lowest BCUT2D eigenvalue weighted by Gasteiger charge is -2.10. The van der Waals surface area contributed by atoms with E-state index in [0.717, 1.165) is 16.3 Å². The Balaban J connectivity index is 1.71. The summed E-state index contributed by atoms with van der Waals surface area (Å²) < 4.78 is 0. The summed E-state index contributed by atoms with van der Waals surface area (Å²) in [4.78, 5) is 23.6. The summed E-state index contributed by atoms with van der Waals surface area (Å²) in [6, 6.07) is 21.0. The molecule has 24 heavy (non-hydrogen) atoms. The molecule has 0 spiro atoms. The average Bonchev–Trinajstić information content (AvgIpc) is 2.60. The molecule has 0 aliphatic heterocycles. The summed E-state index contributed by atoms with van der Waals surface area (Å²) in [6.45, 7) is 0. The molecule has 0 radical (unpaired) electrons.